The van der Waals surface area contributed by atoms with E-state index in [1.54, 1.807) is 12.1 Å². The molecule has 1 aliphatic rings. The summed E-state index contributed by atoms with van der Waals surface area (Å²) >= 11 is 0. The lowest BCUT2D eigenvalue weighted by Crippen LogP contribution is -2.46. The predicted octanol–water partition coefficient (Wildman–Crippen LogP) is 0.822. The van der Waals surface area contributed by atoms with Crippen molar-refractivity contribution in [1.82, 2.24) is 4.31 Å². The van der Waals surface area contributed by atoms with Gasteiger partial charge in [-0.05, 0) is 24.0 Å². The van der Waals surface area contributed by atoms with Gasteiger partial charge in [-0.2, -0.15) is 4.31 Å². The number of nitrogens with two attached hydrogens (primary N) is 1. The van der Waals surface area contributed by atoms with Crippen LogP contribution >= 0.6 is 0 Å². The van der Waals surface area contributed by atoms with E-state index < -0.39 is 10.0 Å². The van der Waals surface area contributed by atoms with Gasteiger partial charge in [0.15, 0.2) is 0 Å². The van der Waals surface area contributed by atoms with E-state index in [2.05, 4.69) is 0 Å². The van der Waals surface area contributed by atoms with Crippen LogP contribution in [-0.4, -0.2) is 37.0 Å². The van der Waals surface area contributed by atoms with E-state index in [1.165, 1.54) is 4.31 Å². The Hall–Kier alpha value is -0.950. The summed E-state index contributed by atoms with van der Waals surface area (Å²) in [5, 5.41) is 9.08. The van der Waals surface area contributed by atoms with Crippen molar-refractivity contribution < 1.29 is 13.5 Å². The zero-order chi connectivity index (χ0) is 14.6. The predicted molar refractivity (Wildman–Crippen MR) is 78.4 cm³/mol. The Balaban J connectivity index is 2.10. The molecule has 0 unspecified atom stereocenters. The van der Waals surface area contributed by atoms with Crippen LogP contribution in [0.3, 0.4) is 0 Å². The number of aliphatic hydroxyl groups excluding tert-OH is 1. The lowest BCUT2D eigenvalue weighted by atomic mass is 9.93. The first-order chi connectivity index (χ1) is 9.56. The zero-order valence-corrected chi connectivity index (χ0v) is 12.3. The molecule has 0 aliphatic heterocycles. The van der Waals surface area contributed by atoms with Crippen molar-refractivity contribution in [3.8, 4) is 0 Å². The molecule has 1 aromatic carbocycles. The van der Waals surface area contributed by atoms with Crippen LogP contribution < -0.4 is 5.73 Å². The standard InChI is InChI=1S/C14H22N2O3S/c15-10-12-4-6-13(7-5-12)11-20(18,19)16(8-9-17)14-2-1-3-14/h4-7,14,17H,1-3,8-11,15H2. The number of sulfonamides is 1. The molecule has 0 amide bonds. The van der Waals surface area contributed by atoms with Crippen molar-refractivity contribution >= 4 is 10.0 Å². The first-order valence-electron chi connectivity index (χ1n) is 6.95. The topological polar surface area (TPSA) is 83.6 Å². The van der Waals surface area contributed by atoms with Gasteiger partial charge in [-0.3, -0.25) is 0 Å². The number of nitrogens with zero attached hydrogens (tertiary/aromatic N) is 1. The molecule has 1 aromatic rings. The average molecular weight is 298 g/mol. The smallest absolute Gasteiger partial charge is 0.218 e. The van der Waals surface area contributed by atoms with Gasteiger partial charge >= 0.3 is 0 Å². The summed E-state index contributed by atoms with van der Waals surface area (Å²) in [5.41, 5.74) is 7.26. The number of rotatable bonds is 7. The Morgan fingerprint density at radius 1 is 1.20 bits per heavy atom. The van der Waals surface area contributed by atoms with E-state index in [0.717, 1.165) is 30.4 Å². The van der Waals surface area contributed by atoms with Gasteiger partial charge in [0.25, 0.3) is 0 Å². The summed E-state index contributed by atoms with van der Waals surface area (Å²) < 4.78 is 26.4. The molecule has 0 radical (unpaired) electrons. The molecule has 0 heterocycles. The molecule has 112 valence electrons. The Morgan fingerprint density at radius 2 is 1.80 bits per heavy atom. The zero-order valence-electron chi connectivity index (χ0n) is 11.5. The molecule has 20 heavy (non-hydrogen) atoms. The maximum Gasteiger partial charge on any atom is 0.218 e. The van der Waals surface area contributed by atoms with Gasteiger partial charge < -0.3 is 10.8 Å². The van der Waals surface area contributed by atoms with E-state index in [0.29, 0.717) is 6.54 Å². The molecular weight excluding hydrogens is 276 g/mol. The molecule has 0 bridgehead atoms. The fourth-order valence-corrected chi connectivity index (χ4v) is 4.19. The monoisotopic (exact) mass is 298 g/mol. The Morgan fingerprint density at radius 3 is 2.25 bits per heavy atom. The highest BCUT2D eigenvalue weighted by Gasteiger charge is 2.33. The first-order valence-corrected chi connectivity index (χ1v) is 8.56. The highest BCUT2D eigenvalue weighted by molar-refractivity contribution is 7.88. The normalized spacial score (nSPS) is 16.4. The minimum Gasteiger partial charge on any atom is -0.395 e. The Labute approximate surface area is 120 Å². The maximum absolute atomic E-state index is 12.5. The van der Waals surface area contributed by atoms with Crippen LogP contribution in [0.2, 0.25) is 0 Å². The second kappa shape index (κ2) is 6.67. The summed E-state index contributed by atoms with van der Waals surface area (Å²) in [5.74, 6) is -0.0195. The summed E-state index contributed by atoms with van der Waals surface area (Å²) in [6, 6.07) is 7.38. The third kappa shape index (κ3) is 3.58. The highest BCUT2D eigenvalue weighted by atomic mass is 32.2. The fraction of sp³-hybridized carbons (Fsp3) is 0.571. The molecule has 1 fully saturated rings. The Kier molecular flexibility index (Phi) is 5.15. The first kappa shape index (κ1) is 15.4. The summed E-state index contributed by atoms with van der Waals surface area (Å²) in [6.45, 7) is 0.501. The second-order valence-corrected chi connectivity index (χ2v) is 7.12. The molecule has 6 heteroatoms. The lowest BCUT2D eigenvalue weighted by Gasteiger charge is -2.36. The van der Waals surface area contributed by atoms with Crippen molar-refractivity contribution in [1.29, 1.82) is 0 Å². The van der Waals surface area contributed by atoms with Crippen LogP contribution in [0.1, 0.15) is 30.4 Å². The largest absolute Gasteiger partial charge is 0.395 e. The van der Waals surface area contributed by atoms with Crippen molar-refractivity contribution in [2.75, 3.05) is 13.2 Å². The van der Waals surface area contributed by atoms with E-state index in [4.69, 9.17) is 10.8 Å². The third-order valence-corrected chi connectivity index (χ3v) is 5.66. The molecule has 1 saturated carbocycles. The number of hydrogen-bond acceptors (Lipinski definition) is 4. The highest BCUT2D eigenvalue weighted by Crippen LogP contribution is 2.28. The molecule has 2 rings (SSSR count). The average Bonchev–Trinajstić information content (AvgIpc) is 2.36. The van der Waals surface area contributed by atoms with Crippen molar-refractivity contribution in [3.63, 3.8) is 0 Å². The van der Waals surface area contributed by atoms with Crippen LogP contribution in [0, 0.1) is 0 Å². The molecular formula is C14H22N2O3S. The molecule has 0 atom stereocenters. The molecule has 1 aliphatic carbocycles. The quantitative estimate of drug-likeness (QED) is 0.780. The van der Waals surface area contributed by atoms with Crippen LogP contribution in [0.5, 0.6) is 0 Å². The summed E-state index contributed by atoms with van der Waals surface area (Å²) in [4.78, 5) is 0. The number of aliphatic hydroxyl groups is 1. The van der Waals surface area contributed by atoms with Gasteiger partial charge in [0.05, 0.1) is 12.4 Å². The minimum atomic E-state index is -3.38. The number of benzene rings is 1. The van der Waals surface area contributed by atoms with Crippen molar-refractivity contribution in [3.05, 3.63) is 35.4 Å². The van der Waals surface area contributed by atoms with Crippen LogP contribution in [-0.2, 0) is 22.3 Å². The molecule has 0 saturated heterocycles. The molecule has 0 spiro atoms. The van der Waals surface area contributed by atoms with Gasteiger partial charge in [0, 0.05) is 19.1 Å². The third-order valence-electron chi connectivity index (χ3n) is 3.77. The molecule has 0 aromatic heterocycles. The molecule has 3 N–H and O–H groups in total. The van der Waals surface area contributed by atoms with E-state index in [9.17, 15) is 8.42 Å². The van der Waals surface area contributed by atoms with Gasteiger partial charge in [-0.25, -0.2) is 8.42 Å². The summed E-state index contributed by atoms with van der Waals surface area (Å²) in [7, 11) is -3.38. The van der Waals surface area contributed by atoms with E-state index in [1.807, 2.05) is 12.1 Å². The van der Waals surface area contributed by atoms with Crippen LogP contribution in [0.4, 0.5) is 0 Å². The van der Waals surface area contributed by atoms with Crippen LogP contribution in [0.15, 0.2) is 24.3 Å². The second-order valence-electron chi connectivity index (χ2n) is 5.20. The fourth-order valence-electron chi connectivity index (χ4n) is 2.39. The van der Waals surface area contributed by atoms with Gasteiger partial charge in [0.2, 0.25) is 10.0 Å². The summed E-state index contributed by atoms with van der Waals surface area (Å²) in [6.07, 6.45) is 2.85. The van der Waals surface area contributed by atoms with Crippen LogP contribution in [0.25, 0.3) is 0 Å². The van der Waals surface area contributed by atoms with Gasteiger partial charge in [-0.1, -0.05) is 30.7 Å². The van der Waals surface area contributed by atoms with Crippen molar-refractivity contribution in [2.45, 2.75) is 37.6 Å². The van der Waals surface area contributed by atoms with E-state index in [-0.39, 0.29) is 24.9 Å². The lowest BCUT2D eigenvalue weighted by molar-refractivity contribution is 0.178. The Bertz CT molecular complexity index is 524. The van der Waals surface area contributed by atoms with E-state index >= 15 is 0 Å². The van der Waals surface area contributed by atoms with Crippen molar-refractivity contribution in [2.24, 2.45) is 5.73 Å². The minimum absolute atomic E-state index is 0.0195. The maximum atomic E-state index is 12.5. The number of hydrogen-bond donors (Lipinski definition) is 2. The SMILES string of the molecule is NCc1ccc(CS(=O)(=O)N(CCO)C2CCC2)cc1. The van der Waals surface area contributed by atoms with Gasteiger partial charge in [-0.15, -0.1) is 0 Å². The molecule has 5 nitrogen and oxygen atoms in total. The van der Waals surface area contributed by atoms with Gasteiger partial charge in [0.1, 0.15) is 0 Å².